The van der Waals surface area contributed by atoms with Crippen LogP contribution in [0.3, 0.4) is 0 Å². The van der Waals surface area contributed by atoms with Crippen LogP contribution in [0.1, 0.15) is 35.0 Å². The summed E-state index contributed by atoms with van der Waals surface area (Å²) in [5.74, 6) is 1.25. The summed E-state index contributed by atoms with van der Waals surface area (Å²) in [4.78, 5) is 34.9. The van der Waals surface area contributed by atoms with E-state index in [0.717, 1.165) is 48.8 Å². The maximum Gasteiger partial charge on any atom is 0.289 e. The van der Waals surface area contributed by atoms with Crippen LogP contribution < -0.4 is 4.90 Å². The number of hydrogen-bond acceptors (Lipinski definition) is 8. The summed E-state index contributed by atoms with van der Waals surface area (Å²) in [7, 11) is 0. The van der Waals surface area contributed by atoms with E-state index in [0.29, 0.717) is 32.1 Å². The molecule has 2 aliphatic heterocycles. The molecular weight excluding hydrogens is 396 g/mol. The summed E-state index contributed by atoms with van der Waals surface area (Å²) in [6.07, 6.45) is 10.1. The van der Waals surface area contributed by atoms with Gasteiger partial charge in [0.15, 0.2) is 5.76 Å². The zero-order chi connectivity index (χ0) is 21.0. The van der Waals surface area contributed by atoms with Gasteiger partial charge in [-0.15, -0.1) is 0 Å². The molecule has 2 fully saturated rings. The first-order valence-electron chi connectivity index (χ1n) is 10.6. The number of aromatic nitrogens is 4. The van der Waals surface area contributed by atoms with Crippen LogP contribution in [0.15, 0.2) is 47.6 Å². The molecule has 5 rings (SSSR count). The third-order valence-electron chi connectivity index (χ3n) is 5.84. The third-order valence-corrected chi connectivity index (χ3v) is 5.84. The van der Waals surface area contributed by atoms with Crippen molar-refractivity contribution in [1.29, 1.82) is 0 Å². The number of morpholine rings is 1. The fourth-order valence-electron chi connectivity index (χ4n) is 4.16. The summed E-state index contributed by atoms with van der Waals surface area (Å²) in [5, 5.41) is 0. The molecule has 9 nitrogen and oxygen atoms in total. The van der Waals surface area contributed by atoms with Crippen LogP contribution in [-0.4, -0.2) is 70.1 Å². The van der Waals surface area contributed by atoms with Crippen LogP contribution in [0, 0.1) is 0 Å². The minimum atomic E-state index is -0.0608. The van der Waals surface area contributed by atoms with E-state index < -0.39 is 0 Å². The lowest BCUT2D eigenvalue weighted by molar-refractivity contribution is 0.0680. The average Bonchev–Trinajstić information content (AvgIpc) is 3.40. The number of anilines is 1. The number of likely N-dealkylation sites (tertiary alicyclic amines) is 1. The van der Waals surface area contributed by atoms with Crippen LogP contribution in [0.5, 0.6) is 0 Å². The number of ether oxygens (including phenoxy) is 1. The van der Waals surface area contributed by atoms with Crippen molar-refractivity contribution in [3.05, 3.63) is 54.6 Å². The zero-order valence-corrected chi connectivity index (χ0v) is 17.2. The lowest BCUT2D eigenvalue weighted by Gasteiger charge is -2.33. The Morgan fingerprint density at radius 2 is 1.87 bits per heavy atom. The molecule has 31 heavy (non-hydrogen) atoms. The van der Waals surface area contributed by atoms with Gasteiger partial charge in [-0.05, 0) is 25.0 Å². The maximum atomic E-state index is 12.6. The summed E-state index contributed by atoms with van der Waals surface area (Å²) < 4.78 is 10.7. The Labute approximate surface area is 180 Å². The molecule has 2 saturated heterocycles. The van der Waals surface area contributed by atoms with Gasteiger partial charge in [0.2, 0.25) is 5.95 Å². The molecule has 3 aromatic heterocycles. The number of furan rings is 1. The molecule has 2 aliphatic rings. The molecule has 0 saturated carbocycles. The lowest BCUT2D eigenvalue weighted by Crippen LogP contribution is -2.39. The van der Waals surface area contributed by atoms with Gasteiger partial charge in [-0.2, -0.15) is 0 Å². The van der Waals surface area contributed by atoms with Gasteiger partial charge in [0.25, 0.3) is 5.91 Å². The number of nitrogens with zero attached hydrogens (tertiary/aromatic N) is 6. The number of carbonyl (C=O) groups is 1. The first kappa shape index (κ1) is 19.6. The van der Waals surface area contributed by atoms with Crippen LogP contribution in [0.4, 0.5) is 5.95 Å². The zero-order valence-electron chi connectivity index (χ0n) is 17.2. The van der Waals surface area contributed by atoms with Crippen LogP contribution in [0.25, 0.3) is 11.3 Å². The summed E-state index contributed by atoms with van der Waals surface area (Å²) in [5.41, 5.74) is 2.64. The molecule has 3 aromatic rings. The molecule has 1 amide bonds. The second kappa shape index (κ2) is 8.81. The predicted molar refractivity (Wildman–Crippen MR) is 113 cm³/mol. The highest BCUT2D eigenvalue weighted by Crippen LogP contribution is 2.34. The van der Waals surface area contributed by atoms with Gasteiger partial charge in [0.05, 0.1) is 37.1 Å². The van der Waals surface area contributed by atoms with E-state index in [2.05, 4.69) is 19.9 Å². The van der Waals surface area contributed by atoms with Crippen molar-refractivity contribution < 1.29 is 13.9 Å². The van der Waals surface area contributed by atoms with Crippen molar-refractivity contribution in [2.45, 2.75) is 18.8 Å². The number of amides is 1. The third kappa shape index (κ3) is 4.13. The minimum Gasteiger partial charge on any atom is -0.459 e. The molecule has 0 aliphatic carbocycles. The van der Waals surface area contributed by atoms with Crippen molar-refractivity contribution in [2.75, 3.05) is 44.3 Å². The summed E-state index contributed by atoms with van der Waals surface area (Å²) >= 11 is 0. The highest BCUT2D eigenvalue weighted by atomic mass is 16.5. The van der Waals surface area contributed by atoms with Crippen LogP contribution >= 0.6 is 0 Å². The van der Waals surface area contributed by atoms with Crippen molar-refractivity contribution in [3.63, 3.8) is 0 Å². The first-order chi connectivity index (χ1) is 15.3. The fourth-order valence-corrected chi connectivity index (χ4v) is 4.16. The van der Waals surface area contributed by atoms with Crippen molar-refractivity contribution in [2.24, 2.45) is 0 Å². The minimum absolute atomic E-state index is 0.0608. The highest BCUT2D eigenvalue weighted by molar-refractivity contribution is 5.91. The first-order valence-corrected chi connectivity index (χ1v) is 10.6. The molecule has 160 valence electrons. The molecule has 9 heteroatoms. The quantitative estimate of drug-likeness (QED) is 0.635. The molecule has 0 radical (unpaired) electrons. The van der Waals surface area contributed by atoms with Crippen molar-refractivity contribution >= 4 is 11.9 Å². The average molecular weight is 420 g/mol. The largest absolute Gasteiger partial charge is 0.459 e. The Kier molecular flexibility index (Phi) is 5.57. The molecule has 0 aromatic carbocycles. The summed E-state index contributed by atoms with van der Waals surface area (Å²) in [6, 6.07) is 3.45. The van der Waals surface area contributed by atoms with Gasteiger partial charge in [-0.3, -0.25) is 14.8 Å². The Morgan fingerprint density at radius 3 is 2.58 bits per heavy atom. The number of rotatable bonds is 4. The standard InChI is InChI=1S/C22H24N6O3/c29-21(19-2-1-11-31-19)27-7-3-16(4-8-27)20-17(18-15-23-5-6-24-18)14-25-22(26-20)28-9-12-30-13-10-28/h1-2,5-6,11,14-16H,3-4,7-10,12-13H2. The van der Waals surface area contributed by atoms with E-state index in [1.165, 1.54) is 6.26 Å². The summed E-state index contributed by atoms with van der Waals surface area (Å²) in [6.45, 7) is 4.22. The van der Waals surface area contributed by atoms with Gasteiger partial charge in [0.1, 0.15) is 0 Å². The van der Waals surface area contributed by atoms with E-state index in [1.54, 1.807) is 30.7 Å². The molecule has 0 atom stereocenters. The Balaban J connectivity index is 1.40. The Hall–Kier alpha value is -3.33. The van der Waals surface area contributed by atoms with E-state index in [-0.39, 0.29) is 11.8 Å². The van der Waals surface area contributed by atoms with E-state index in [9.17, 15) is 4.79 Å². The maximum absolute atomic E-state index is 12.6. The normalized spacial score (nSPS) is 17.7. The van der Waals surface area contributed by atoms with Gasteiger partial charge < -0.3 is 19.0 Å². The predicted octanol–water partition coefficient (Wildman–Crippen LogP) is 2.38. The fraction of sp³-hybridized carbons (Fsp3) is 0.409. The lowest BCUT2D eigenvalue weighted by atomic mass is 9.90. The van der Waals surface area contributed by atoms with Crippen LogP contribution in [0.2, 0.25) is 0 Å². The topological polar surface area (TPSA) is 97.5 Å². The van der Waals surface area contributed by atoms with E-state index in [1.807, 2.05) is 11.1 Å². The van der Waals surface area contributed by atoms with Gasteiger partial charge >= 0.3 is 0 Å². The van der Waals surface area contributed by atoms with Gasteiger partial charge in [0, 0.05) is 56.3 Å². The monoisotopic (exact) mass is 420 g/mol. The molecule has 5 heterocycles. The Bertz CT molecular complexity index is 1010. The molecule has 0 N–H and O–H groups in total. The van der Waals surface area contributed by atoms with Crippen LogP contribution in [-0.2, 0) is 4.74 Å². The van der Waals surface area contributed by atoms with Crippen molar-refractivity contribution in [3.8, 4) is 11.3 Å². The molecular formula is C22H24N6O3. The van der Waals surface area contributed by atoms with E-state index in [4.69, 9.17) is 14.1 Å². The SMILES string of the molecule is O=C(c1ccco1)N1CCC(c2nc(N3CCOCC3)ncc2-c2cnccn2)CC1. The molecule has 0 unspecified atom stereocenters. The van der Waals surface area contributed by atoms with E-state index >= 15 is 0 Å². The highest BCUT2D eigenvalue weighted by Gasteiger charge is 2.29. The molecule has 0 spiro atoms. The van der Waals surface area contributed by atoms with Gasteiger partial charge in [-0.25, -0.2) is 9.97 Å². The number of carbonyl (C=O) groups excluding carboxylic acids is 1. The second-order valence-corrected chi connectivity index (χ2v) is 7.70. The second-order valence-electron chi connectivity index (χ2n) is 7.70. The Morgan fingerprint density at radius 1 is 1.03 bits per heavy atom. The molecule has 0 bridgehead atoms. The van der Waals surface area contributed by atoms with Crippen molar-refractivity contribution in [1.82, 2.24) is 24.8 Å². The van der Waals surface area contributed by atoms with Gasteiger partial charge in [-0.1, -0.05) is 0 Å². The number of piperidine rings is 1. The smallest absolute Gasteiger partial charge is 0.289 e. The number of hydrogen-bond donors (Lipinski definition) is 0.